The molecule has 1 fully saturated rings. The molecule has 17 heavy (non-hydrogen) atoms. The molecule has 0 bridgehead atoms. The maximum absolute atomic E-state index is 10.3. The van der Waals surface area contributed by atoms with E-state index in [4.69, 9.17) is 9.15 Å². The van der Waals surface area contributed by atoms with Gasteiger partial charge in [0.1, 0.15) is 11.4 Å². The van der Waals surface area contributed by atoms with Crippen LogP contribution >= 0.6 is 0 Å². The van der Waals surface area contributed by atoms with E-state index in [9.17, 15) is 5.11 Å². The maximum atomic E-state index is 10.3. The summed E-state index contributed by atoms with van der Waals surface area (Å²) in [6.07, 6.45) is 0.549. The Kier molecular flexibility index (Phi) is 3.51. The highest BCUT2D eigenvalue weighted by atomic mass is 16.5. The average Bonchev–Trinajstić information content (AvgIpc) is 2.74. The minimum Gasteiger partial charge on any atom is -0.444 e. The molecule has 0 saturated carbocycles. The van der Waals surface area contributed by atoms with E-state index in [1.807, 2.05) is 20.8 Å². The fourth-order valence-corrected chi connectivity index (χ4v) is 2.00. The van der Waals surface area contributed by atoms with Crippen molar-refractivity contribution in [3.63, 3.8) is 0 Å². The first-order valence-electron chi connectivity index (χ1n) is 5.99. The molecule has 2 heterocycles. The normalized spacial score (nSPS) is 28.8. The second kappa shape index (κ2) is 4.76. The highest BCUT2D eigenvalue weighted by Crippen LogP contribution is 2.24. The third-order valence-electron chi connectivity index (χ3n) is 3.44. The van der Waals surface area contributed by atoms with Crippen LogP contribution in [0.4, 0.5) is 0 Å². The number of aryl methyl sites for hydroxylation is 2. The summed E-state index contributed by atoms with van der Waals surface area (Å²) in [5.41, 5.74) is 0.148. The van der Waals surface area contributed by atoms with Crippen molar-refractivity contribution in [2.24, 2.45) is 0 Å². The molecule has 2 N–H and O–H groups in total. The monoisotopic (exact) mass is 240 g/mol. The number of aromatic nitrogens is 1. The molecule has 1 aromatic heterocycles. The first-order valence-corrected chi connectivity index (χ1v) is 5.99. The molecule has 0 aliphatic carbocycles. The number of hydrogen-bond acceptors (Lipinski definition) is 5. The van der Waals surface area contributed by atoms with Crippen molar-refractivity contribution >= 4 is 0 Å². The summed E-state index contributed by atoms with van der Waals surface area (Å²) in [5, 5.41) is 13.4. The lowest BCUT2D eigenvalue weighted by molar-refractivity contribution is -0.0265. The molecule has 0 amide bonds. The van der Waals surface area contributed by atoms with E-state index in [1.165, 1.54) is 0 Å². The Balaban J connectivity index is 1.83. The van der Waals surface area contributed by atoms with Gasteiger partial charge < -0.3 is 19.6 Å². The Morgan fingerprint density at radius 2 is 2.29 bits per heavy atom. The summed E-state index contributed by atoms with van der Waals surface area (Å²) in [6, 6.07) is 0. The van der Waals surface area contributed by atoms with Crippen LogP contribution in [0.15, 0.2) is 4.42 Å². The third kappa shape index (κ3) is 2.68. The molecule has 1 saturated heterocycles. The molecule has 96 valence electrons. The zero-order valence-corrected chi connectivity index (χ0v) is 10.6. The van der Waals surface area contributed by atoms with Gasteiger partial charge in [-0.3, -0.25) is 0 Å². The van der Waals surface area contributed by atoms with Crippen LogP contribution in [0.2, 0.25) is 0 Å². The van der Waals surface area contributed by atoms with E-state index in [1.54, 1.807) is 0 Å². The number of oxazole rings is 1. The highest BCUT2D eigenvalue weighted by molar-refractivity contribution is 5.05. The van der Waals surface area contributed by atoms with Crippen molar-refractivity contribution < 1.29 is 14.3 Å². The molecule has 2 atom stereocenters. The minimum atomic E-state index is -0.767. The van der Waals surface area contributed by atoms with Crippen LogP contribution in [0, 0.1) is 13.8 Å². The van der Waals surface area contributed by atoms with E-state index in [2.05, 4.69) is 10.3 Å². The molecule has 5 nitrogen and oxygen atoms in total. The van der Waals surface area contributed by atoms with Gasteiger partial charge in [-0.05, 0) is 20.8 Å². The van der Waals surface area contributed by atoms with Crippen molar-refractivity contribution in [3.8, 4) is 0 Å². The summed E-state index contributed by atoms with van der Waals surface area (Å²) < 4.78 is 10.8. The average molecular weight is 240 g/mol. The highest BCUT2D eigenvalue weighted by Gasteiger charge is 2.39. The zero-order chi connectivity index (χ0) is 12.5. The van der Waals surface area contributed by atoms with Gasteiger partial charge in [0.05, 0.1) is 18.3 Å². The second-order valence-corrected chi connectivity index (χ2v) is 4.72. The number of aliphatic hydroxyl groups is 1. The van der Waals surface area contributed by atoms with Gasteiger partial charge in [0.25, 0.3) is 0 Å². The number of ether oxygens (including phenoxy) is 1. The Labute approximate surface area is 101 Å². The maximum Gasteiger partial charge on any atom is 0.208 e. The lowest BCUT2D eigenvalue weighted by Gasteiger charge is -2.25. The lowest BCUT2D eigenvalue weighted by atomic mass is 9.97. The molecular formula is C12H20N2O3. The summed E-state index contributed by atoms with van der Waals surface area (Å²) in [6.45, 7) is 7.36. The van der Waals surface area contributed by atoms with Crippen molar-refractivity contribution in [2.45, 2.75) is 45.4 Å². The smallest absolute Gasteiger partial charge is 0.208 e. The van der Waals surface area contributed by atoms with Gasteiger partial charge in [-0.1, -0.05) is 0 Å². The topological polar surface area (TPSA) is 67.5 Å². The van der Waals surface area contributed by atoms with E-state index >= 15 is 0 Å². The molecule has 2 unspecified atom stereocenters. The third-order valence-corrected chi connectivity index (χ3v) is 3.44. The van der Waals surface area contributed by atoms with Gasteiger partial charge >= 0.3 is 0 Å². The lowest BCUT2D eigenvalue weighted by Crippen LogP contribution is -2.45. The number of hydrogen-bond donors (Lipinski definition) is 2. The summed E-state index contributed by atoms with van der Waals surface area (Å²) >= 11 is 0. The van der Waals surface area contributed by atoms with Crippen molar-refractivity contribution in [3.05, 3.63) is 17.3 Å². The fraction of sp³-hybridized carbons (Fsp3) is 0.750. The number of nitrogens with one attached hydrogen (secondary N) is 1. The van der Waals surface area contributed by atoms with Crippen molar-refractivity contribution in [1.29, 1.82) is 0 Å². The standard InChI is InChI=1S/C12H20N2O3/c1-8-9(2)17-11(14-8)6-13-7-12(15)4-5-16-10(12)3/h10,13,15H,4-7H2,1-3H3. The van der Waals surface area contributed by atoms with Gasteiger partial charge in [0.15, 0.2) is 0 Å². The molecular weight excluding hydrogens is 220 g/mol. The molecule has 1 aliphatic rings. The summed E-state index contributed by atoms with van der Waals surface area (Å²) in [5.74, 6) is 1.51. The van der Waals surface area contributed by atoms with Gasteiger partial charge in [-0.2, -0.15) is 0 Å². The van der Waals surface area contributed by atoms with Crippen LogP contribution in [-0.4, -0.2) is 34.9 Å². The van der Waals surface area contributed by atoms with Crippen LogP contribution in [0.1, 0.15) is 30.7 Å². The Morgan fingerprint density at radius 3 is 2.82 bits per heavy atom. The van der Waals surface area contributed by atoms with Crippen LogP contribution in [0.25, 0.3) is 0 Å². The molecule has 0 spiro atoms. The van der Waals surface area contributed by atoms with E-state index < -0.39 is 5.60 Å². The van der Waals surface area contributed by atoms with Gasteiger partial charge in [0, 0.05) is 19.6 Å². The molecule has 1 aromatic rings. The van der Waals surface area contributed by atoms with Crippen LogP contribution in [0.5, 0.6) is 0 Å². The quantitative estimate of drug-likeness (QED) is 0.819. The molecule has 0 radical (unpaired) electrons. The zero-order valence-electron chi connectivity index (χ0n) is 10.6. The Hall–Kier alpha value is -0.910. The largest absolute Gasteiger partial charge is 0.444 e. The van der Waals surface area contributed by atoms with Crippen molar-refractivity contribution in [1.82, 2.24) is 10.3 Å². The first-order chi connectivity index (χ1) is 8.01. The predicted molar refractivity (Wildman–Crippen MR) is 62.7 cm³/mol. The van der Waals surface area contributed by atoms with E-state index in [0.29, 0.717) is 32.0 Å². The van der Waals surface area contributed by atoms with Crippen LogP contribution in [0.3, 0.4) is 0 Å². The number of rotatable bonds is 4. The summed E-state index contributed by atoms with van der Waals surface area (Å²) in [7, 11) is 0. The number of nitrogens with zero attached hydrogens (tertiary/aromatic N) is 1. The first kappa shape index (κ1) is 12.5. The SMILES string of the molecule is Cc1nc(CNCC2(O)CCOC2C)oc1C. The molecule has 1 aliphatic heterocycles. The summed E-state index contributed by atoms with van der Waals surface area (Å²) in [4.78, 5) is 4.27. The fourth-order valence-electron chi connectivity index (χ4n) is 2.00. The van der Waals surface area contributed by atoms with Gasteiger partial charge in [-0.15, -0.1) is 0 Å². The Morgan fingerprint density at radius 1 is 1.53 bits per heavy atom. The predicted octanol–water partition coefficient (Wildman–Crippen LogP) is 0.921. The molecule has 2 rings (SSSR count). The second-order valence-electron chi connectivity index (χ2n) is 4.72. The van der Waals surface area contributed by atoms with Gasteiger partial charge in [0.2, 0.25) is 5.89 Å². The van der Waals surface area contributed by atoms with E-state index in [-0.39, 0.29) is 6.10 Å². The molecule has 0 aromatic carbocycles. The van der Waals surface area contributed by atoms with Crippen molar-refractivity contribution in [2.75, 3.05) is 13.2 Å². The van der Waals surface area contributed by atoms with E-state index in [0.717, 1.165) is 11.5 Å². The minimum absolute atomic E-state index is 0.122. The Bertz CT molecular complexity index is 372. The van der Waals surface area contributed by atoms with Crippen LogP contribution < -0.4 is 5.32 Å². The molecule has 5 heteroatoms. The van der Waals surface area contributed by atoms with Crippen LogP contribution in [-0.2, 0) is 11.3 Å². The van der Waals surface area contributed by atoms with Gasteiger partial charge in [-0.25, -0.2) is 4.98 Å².